The Kier molecular flexibility index (Phi) is 4.57. The number of ketones is 1. The molecule has 0 fully saturated rings. The Morgan fingerprint density at radius 3 is 2.48 bits per heavy atom. The smallest absolute Gasteiger partial charge is 0.196 e. The van der Waals surface area contributed by atoms with E-state index in [1.54, 1.807) is 12.1 Å². The van der Waals surface area contributed by atoms with Crippen molar-refractivity contribution in [3.8, 4) is 5.75 Å². The van der Waals surface area contributed by atoms with Gasteiger partial charge in [-0.3, -0.25) is 4.79 Å². The number of nitrogens with two attached hydrogens (primary N) is 1. The van der Waals surface area contributed by atoms with E-state index in [-0.39, 0.29) is 16.8 Å². The van der Waals surface area contributed by atoms with Crippen molar-refractivity contribution >= 4 is 27.4 Å². The third kappa shape index (κ3) is 3.21. The molecule has 0 amide bonds. The van der Waals surface area contributed by atoms with Gasteiger partial charge in [0.15, 0.2) is 17.4 Å². The Labute approximate surface area is 128 Å². The van der Waals surface area contributed by atoms with Gasteiger partial charge in [0.05, 0.1) is 6.61 Å². The lowest BCUT2D eigenvalue weighted by Crippen LogP contribution is -2.08. The second-order valence-electron chi connectivity index (χ2n) is 4.26. The summed E-state index contributed by atoms with van der Waals surface area (Å²) in [5.41, 5.74) is 5.68. The molecule has 0 saturated carbocycles. The highest BCUT2D eigenvalue weighted by molar-refractivity contribution is 9.10. The monoisotopic (exact) mass is 355 g/mol. The fourth-order valence-corrected chi connectivity index (χ4v) is 2.38. The van der Waals surface area contributed by atoms with Crippen LogP contribution in [0.4, 0.5) is 14.5 Å². The zero-order valence-electron chi connectivity index (χ0n) is 11.1. The average molecular weight is 356 g/mol. The molecule has 2 rings (SSSR count). The van der Waals surface area contributed by atoms with Crippen LogP contribution in [0.1, 0.15) is 22.8 Å². The van der Waals surface area contributed by atoms with Crippen LogP contribution in [0.3, 0.4) is 0 Å². The van der Waals surface area contributed by atoms with Crippen LogP contribution in [0.25, 0.3) is 0 Å². The third-order valence-electron chi connectivity index (χ3n) is 2.83. The molecule has 21 heavy (non-hydrogen) atoms. The molecule has 2 N–H and O–H groups in total. The summed E-state index contributed by atoms with van der Waals surface area (Å²) in [5.74, 6) is -2.11. The van der Waals surface area contributed by atoms with E-state index in [1.807, 2.05) is 6.92 Å². The minimum Gasteiger partial charge on any atom is -0.494 e. The third-order valence-corrected chi connectivity index (χ3v) is 3.49. The van der Waals surface area contributed by atoms with Crippen LogP contribution in [-0.4, -0.2) is 12.4 Å². The first kappa shape index (κ1) is 15.4. The predicted octanol–water partition coefficient (Wildman–Crippen LogP) is 3.94. The summed E-state index contributed by atoms with van der Waals surface area (Å²) < 4.78 is 32.1. The van der Waals surface area contributed by atoms with E-state index in [2.05, 4.69) is 15.9 Å². The molecule has 6 heteroatoms. The van der Waals surface area contributed by atoms with E-state index in [0.29, 0.717) is 16.8 Å². The first-order chi connectivity index (χ1) is 9.93. The van der Waals surface area contributed by atoms with Gasteiger partial charge in [-0.05, 0) is 47.1 Å². The minimum atomic E-state index is -1.12. The van der Waals surface area contributed by atoms with Gasteiger partial charge >= 0.3 is 0 Å². The first-order valence-electron chi connectivity index (χ1n) is 6.15. The topological polar surface area (TPSA) is 52.3 Å². The van der Waals surface area contributed by atoms with Crippen molar-refractivity contribution < 1.29 is 18.3 Å². The van der Waals surface area contributed by atoms with E-state index in [0.717, 1.165) is 12.1 Å². The second kappa shape index (κ2) is 6.22. The number of hydrogen-bond acceptors (Lipinski definition) is 3. The molecule has 0 heterocycles. The summed E-state index contributed by atoms with van der Waals surface area (Å²) in [7, 11) is 0. The fourth-order valence-electron chi connectivity index (χ4n) is 1.84. The number of ether oxygens (including phenoxy) is 1. The van der Waals surface area contributed by atoms with Gasteiger partial charge in [-0.25, -0.2) is 8.78 Å². The van der Waals surface area contributed by atoms with Crippen LogP contribution in [-0.2, 0) is 0 Å². The number of carbonyl (C=O) groups is 1. The molecule has 0 aromatic heterocycles. The standard InChI is InChI=1S/C15H12BrF2NO2/c1-2-21-8-3-4-9(11(16)5-8)15(20)10-6-12(17)13(18)7-14(10)19/h3-7H,2,19H2,1H3. The Hall–Kier alpha value is -1.95. The molecule has 0 atom stereocenters. The zero-order chi connectivity index (χ0) is 15.6. The van der Waals surface area contributed by atoms with Crippen molar-refractivity contribution in [3.05, 3.63) is 57.6 Å². The molecule has 2 aromatic carbocycles. The SMILES string of the molecule is CCOc1ccc(C(=O)c2cc(F)c(F)cc2N)c(Br)c1. The summed E-state index contributed by atoms with van der Waals surface area (Å²) in [6.45, 7) is 2.34. The maximum absolute atomic E-state index is 13.3. The molecule has 0 bridgehead atoms. The Morgan fingerprint density at radius 2 is 1.86 bits per heavy atom. The highest BCUT2D eigenvalue weighted by Crippen LogP contribution is 2.27. The van der Waals surface area contributed by atoms with Crippen molar-refractivity contribution in [1.82, 2.24) is 0 Å². The van der Waals surface area contributed by atoms with E-state index in [1.165, 1.54) is 6.07 Å². The maximum Gasteiger partial charge on any atom is 0.196 e. The highest BCUT2D eigenvalue weighted by Gasteiger charge is 2.18. The van der Waals surface area contributed by atoms with Gasteiger partial charge in [-0.2, -0.15) is 0 Å². The number of halogens is 3. The minimum absolute atomic E-state index is 0.0845. The molecular weight excluding hydrogens is 344 g/mol. The van der Waals surface area contributed by atoms with Gasteiger partial charge < -0.3 is 10.5 Å². The van der Waals surface area contributed by atoms with Gasteiger partial charge in [0.25, 0.3) is 0 Å². The molecular formula is C15H12BrF2NO2. The molecule has 0 unspecified atom stereocenters. The second-order valence-corrected chi connectivity index (χ2v) is 5.11. The summed E-state index contributed by atoms with van der Waals surface area (Å²) in [6.07, 6.45) is 0. The van der Waals surface area contributed by atoms with Crippen molar-refractivity contribution in [3.63, 3.8) is 0 Å². The van der Waals surface area contributed by atoms with Crippen LogP contribution < -0.4 is 10.5 Å². The lowest BCUT2D eigenvalue weighted by molar-refractivity contribution is 0.103. The van der Waals surface area contributed by atoms with Crippen LogP contribution in [0.2, 0.25) is 0 Å². The predicted molar refractivity (Wildman–Crippen MR) is 79.5 cm³/mol. The zero-order valence-corrected chi connectivity index (χ0v) is 12.7. The molecule has 0 radical (unpaired) electrons. The lowest BCUT2D eigenvalue weighted by atomic mass is 10.0. The molecule has 2 aromatic rings. The average Bonchev–Trinajstić information content (AvgIpc) is 2.43. The van der Waals surface area contributed by atoms with Crippen LogP contribution in [0.5, 0.6) is 5.75 Å². The number of carbonyl (C=O) groups excluding carboxylic acids is 1. The van der Waals surface area contributed by atoms with Gasteiger partial charge in [0.2, 0.25) is 0 Å². The summed E-state index contributed by atoms with van der Waals surface area (Å²) >= 11 is 3.26. The molecule has 0 aliphatic heterocycles. The van der Waals surface area contributed by atoms with E-state index < -0.39 is 17.4 Å². The Bertz CT molecular complexity index is 704. The fraction of sp³-hybridized carbons (Fsp3) is 0.133. The Morgan fingerprint density at radius 1 is 1.19 bits per heavy atom. The molecule has 0 aliphatic carbocycles. The number of benzene rings is 2. The lowest BCUT2D eigenvalue weighted by Gasteiger charge is -2.09. The summed E-state index contributed by atoms with van der Waals surface area (Å²) in [4.78, 5) is 12.4. The number of nitrogen functional groups attached to an aromatic ring is 1. The van der Waals surface area contributed by atoms with E-state index in [4.69, 9.17) is 10.5 Å². The highest BCUT2D eigenvalue weighted by atomic mass is 79.9. The number of anilines is 1. The molecule has 0 spiro atoms. The Balaban J connectivity index is 2.43. The summed E-state index contributed by atoms with van der Waals surface area (Å²) in [5, 5.41) is 0. The molecule has 0 aliphatic rings. The molecule has 0 saturated heterocycles. The van der Waals surface area contributed by atoms with Gasteiger partial charge in [0, 0.05) is 27.4 Å². The van der Waals surface area contributed by atoms with Crippen molar-refractivity contribution in [1.29, 1.82) is 0 Å². The van der Waals surface area contributed by atoms with Crippen molar-refractivity contribution in [2.24, 2.45) is 0 Å². The first-order valence-corrected chi connectivity index (χ1v) is 6.95. The van der Waals surface area contributed by atoms with Gasteiger partial charge in [-0.15, -0.1) is 0 Å². The number of hydrogen-bond donors (Lipinski definition) is 1. The quantitative estimate of drug-likeness (QED) is 0.667. The van der Waals surface area contributed by atoms with Gasteiger partial charge in [-0.1, -0.05) is 0 Å². The van der Waals surface area contributed by atoms with Crippen LogP contribution in [0, 0.1) is 11.6 Å². The van der Waals surface area contributed by atoms with Gasteiger partial charge in [0.1, 0.15) is 5.75 Å². The van der Waals surface area contributed by atoms with Crippen LogP contribution >= 0.6 is 15.9 Å². The van der Waals surface area contributed by atoms with Crippen LogP contribution in [0.15, 0.2) is 34.8 Å². The summed E-state index contributed by atoms with van der Waals surface area (Å²) in [6, 6.07) is 6.39. The molecule has 110 valence electrons. The number of rotatable bonds is 4. The normalized spacial score (nSPS) is 10.5. The maximum atomic E-state index is 13.3. The molecule has 3 nitrogen and oxygen atoms in total. The van der Waals surface area contributed by atoms with E-state index >= 15 is 0 Å². The van der Waals surface area contributed by atoms with Crippen molar-refractivity contribution in [2.75, 3.05) is 12.3 Å². The van der Waals surface area contributed by atoms with E-state index in [9.17, 15) is 13.6 Å². The largest absolute Gasteiger partial charge is 0.494 e. The van der Waals surface area contributed by atoms with Crippen molar-refractivity contribution in [2.45, 2.75) is 6.92 Å².